The van der Waals surface area contributed by atoms with Crippen LogP contribution in [0, 0.1) is 38.2 Å². The van der Waals surface area contributed by atoms with Crippen LogP contribution in [0.3, 0.4) is 0 Å². The van der Waals surface area contributed by atoms with Gasteiger partial charge in [-0.2, -0.15) is 0 Å². The molecule has 1 amide bonds. The lowest BCUT2D eigenvalue weighted by Crippen LogP contribution is -2.49. The average molecular weight is 430 g/mol. The zero-order valence-electron chi connectivity index (χ0n) is 17.4. The quantitative estimate of drug-likeness (QED) is 0.598. The number of hydrogen-bond acceptors (Lipinski definition) is 5. The van der Waals surface area contributed by atoms with E-state index < -0.39 is 28.9 Å². The summed E-state index contributed by atoms with van der Waals surface area (Å²) >= 11 is 0. The summed E-state index contributed by atoms with van der Waals surface area (Å²) < 4.78 is 42.5. The lowest BCUT2D eigenvalue weighted by Gasteiger charge is -2.35. The van der Waals surface area contributed by atoms with Crippen molar-refractivity contribution < 1.29 is 18.0 Å². The van der Waals surface area contributed by atoms with Crippen molar-refractivity contribution in [2.24, 2.45) is 0 Å². The molecule has 162 valence electrons. The molecule has 2 aromatic heterocycles. The van der Waals surface area contributed by atoms with E-state index >= 15 is 0 Å². The zero-order valence-corrected chi connectivity index (χ0v) is 17.4. The van der Waals surface area contributed by atoms with Crippen molar-refractivity contribution in [2.45, 2.75) is 20.8 Å². The van der Waals surface area contributed by atoms with E-state index in [0.717, 1.165) is 23.5 Å². The molecule has 0 spiro atoms. The van der Waals surface area contributed by atoms with Gasteiger partial charge in [-0.1, -0.05) is 0 Å². The summed E-state index contributed by atoms with van der Waals surface area (Å²) in [6.45, 7) is 7.17. The first-order valence-corrected chi connectivity index (χ1v) is 9.80. The minimum Gasteiger partial charge on any atom is -0.353 e. The SMILES string of the molecule is Cc1nc(N2CCN(C(=O)c3ccc(F)c(F)c3F)CC2)cc(-n2cnc(C)c2C)n1. The molecule has 1 aliphatic heterocycles. The predicted molar refractivity (Wildman–Crippen MR) is 108 cm³/mol. The van der Waals surface area contributed by atoms with Crippen LogP contribution in [0.1, 0.15) is 27.6 Å². The van der Waals surface area contributed by atoms with Crippen LogP contribution in [0.15, 0.2) is 24.5 Å². The third kappa shape index (κ3) is 3.85. The summed E-state index contributed by atoms with van der Waals surface area (Å²) in [5.74, 6) is -3.09. The van der Waals surface area contributed by atoms with Gasteiger partial charge in [0.1, 0.15) is 23.8 Å². The van der Waals surface area contributed by atoms with Gasteiger partial charge >= 0.3 is 0 Å². The van der Waals surface area contributed by atoms with E-state index in [4.69, 9.17) is 0 Å². The third-order valence-electron chi connectivity index (χ3n) is 5.47. The highest BCUT2D eigenvalue weighted by atomic mass is 19.2. The number of hydrogen-bond donors (Lipinski definition) is 0. The van der Waals surface area contributed by atoms with Crippen molar-refractivity contribution in [1.29, 1.82) is 0 Å². The Balaban J connectivity index is 1.51. The summed E-state index contributed by atoms with van der Waals surface area (Å²) in [7, 11) is 0. The van der Waals surface area contributed by atoms with Crippen molar-refractivity contribution in [3.05, 3.63) is 64.8 Å². The van der Waals surface area contributed by atoms with Crippen molar-refractivity contribution in [2.75, 3.05) is 31.1 Å². The highest BCUT2D eigenvalue weighted by Crippen LogP contribution is 2.21. The number of piperazine rings is 1. The highest BCUT2D eigenvalue weighted by Gasteiger charge is 2.27. The number of rotatable bonds is 3. The number of anilines is 1. The molecule has 10 heteroatoms. The normalized spacial score (nSPS) is 14.3. The number of nitrogens with zero attached hydrogens (tertiary/aromatic N) is 6. The van der Waals surface area contributed by atoms with Gasteiger partial charge in [-0.3, -0.25) is 9.36 Å². The Bertz CT molecular complexity index is 1150. The number of imidazole rings is 1. The molecular formula is C21H21F3N6O. The maximum Gasteiger partial charge on any atom is 0.257 e. The fraction of sp³-hybridized carbons (Fsp3) is 0.333. The maximum absolute atomic E-state index is 14.0. The van der Waals surface area contributed by atoms with Crippen LogP contribution in [0.4, 0.5) is 19.0 Å². The molecule has 7 nitrogen and oxygen atoms in total. The summed E-state index contributed by atoms with van der Waals surface area (Å²) in [6, 6.07) is 3.58. The monoisotopic (exact) mass is 430 g/mol. The molecule has 0 N–H and O–H groups in total. The first kappa shape index (κ1) is 20.8. The molecule has 1 saturated heterocycles. The number of halogens is 3. The van der Waals surface area contributed by atoms with Crippen molar-refractivity contribution >= 4 is 11.7 Å². The Kier molecular flexibility index (Phi) is 5.38. The van der Waals surface area contributed by atoms with Gasteiger partial charge in [0.15, 0.2) is 17.5 Å². The van der Waals surface area contributed by atoms with Crippen LogP contribution in [0.25, 0.3) is 5.82 Å². The molecule has 3 aromatic rings. The standard InChI is InChI=1S/C21H21F3N6O/c1-12-13(2)30(11-25-12)18-10-17(26-14(3)27-18)28-6-8-29(9-7-28)21(31)15-4-5-16(22)20(24)19(15)23/h4-5,10-11H,6-9H2,1-3H3. The molecule has 4 rings (SSSR count). The minimum absolute atomic E-state index is 0.291. The van der Waals surface area contributed by atoms with Crippen molar-refractivity contribution in [3.63, 3.8) is 0 Å². The van der Waals surface area contributed by atoms with E-state index in [9.17, 15) is 18.0 Å². The number of aromatic nitrogens is 4. The van der Waals surface area contributed by atoms with Gasteiger partial charge in [0.25, 0.3) is 5.91 Å². The molecule has 0 bridgehead atoms. The fourth-order valence-electron chi connectivity index (χ4n) is 3.55. The molecule has 0 radical (unpaired) electrons. The Labute approximate surface area is 177 Å². The van der Waals surface area contributed by atoms with Crippen molar-refractivity contribution in [1.82, 2.24) is 24.4 Å². The Hall–Kier alpha value is -3.43. The first-order chi connectivity index (χ1) is 14.8. The molecule has 0 unspecified atom stereocenters. The third-order valence-corrected chi connectivity index (χ3v) is 5.47. The Morgan fingerprint density at radius 1 is 0.935 bits per heavy atom. The average Bonchev–Trinajstić information content (AvgIpc) is 3.10. The first-order valence-electron chi connectivity index (χ1n) is 9.80. The van der Waals surface area contributed by atoms with Gasteiger partial charge in [0, 0.05) is 37.9 Å². The molecule has 31 heavy (non-hydrogen) atoms. The summed E-state index contributed by atoms with van der Waals surface area (Å²) in [4.78, 5) is 29.3. The number of carbonyl (C=O) groups excluding carboxylic acids is 1. The topological polar surface area (TPSA) is 67.2 Å². The van der Waals surface area contributed by atoms with E-state index in [-0.39, 0.29) is 0 Å². The molecule has 1 aromatic carbocycles. The summed E-state index contributed by atoms with van der Waals surface area (Å²) in [5, 5.41) is 0. The van der Waals surface area contributed by atoms with E-state index in [1.807, 2.05) is 29.4 Å². The molecule has 0 atom stereocenters. The van der Waals surface area contributed by atoms with Gasteiger partial charge in [0.2, 0.25) is 0 Å². The molecule has 1 fully saturated rings. The van der Waals surface area contributed by atoms with Gasteiger partial charge in [-0.05, 0) is 32.9 Å². The second kappa shape index (κ2) is 8.01. The van der Waals surface area contributed by atoms with E-state index in [1.54, 1.807) is 13.3 Å². The highest BCUT2D eigenvalue weighted by molar-refractivity contribution is 5.94. The lowest BCUT2D eigenvalue weighted by molar-refractivity contribution is 0.0740. The molecule has 3 heterocycles. The van der Waals surface area contributed by atoms with Crippen LogP contribution >= 0.6 is 0 Å². The zero-order chi connectivity index (χ0) is 22.3. The maximum atomic E-state index is 14.0. The number of amides is 1. The van der Waals surface area contributed by atoms with Crippen LogP contribution in [0.2, 0.25) is 0 Å². The van der Waals surface area contributed by atoms with Crippen LogP contribution < -0.4 is 4.90 Å². The second-order valence-corrected chi connectivity index (χ2v) is 7.42. The number of benzene rings is 1. The fourth-order valence-corrected chi connectivity index (χ4v) is 3.55. The van der Waals surface area contributed by atoms with Gasteiger partial charge in [-0.15, -0.1) is 0 Å². The van der Waals surface area contributed by atoms with Gasteiger partial charge in [0.05, 0.1) is 11.3 Å². The summed E-state index contributed by atoms with van der Waals surface area (Å²) in [5.41, 5.74) is 1.42. The van der Waals surface area contributed by atoms with Gasteiger partial charge < -0.3 is 9.80 Å². The van der Waals surface area contributed by atoms with Crippen molar-refractivity contribution in [3.8, 4) is 5.82 Å². The summed E-state index contributed by atoms with van der Waals surface area (Å²) in [6.07, 6.45) is 1.71. The molecule has 0 aliphatic carbocycles. The Morgan fingerprint density at radius 3 is 2.26 bits per heavy atom. The van der Waals surface area contributed by atoms with Crippen LogP contribution in [0.5, 0.6) is 0 Å². The molecule has 0 saturated carbocycles. The molecular weight excluding hydrogens is 409 g/mol. The van der Waals surface area contributed by atoms with Gasteiger partial charge in [-0.25, -0.2) is 28.1 Å². The van der Waals surface area contributed by atoms with E-state index in [1.165, 1.54) is 4.90 Å². The smallest absolute Gasteiger partial charge is 0.257 e. The number of carbonyl (C=O) groups is 1. The van der Waals surface area contributed by atoms with E-state index in [2.05, 4.69) is 15.0 Å². The largest absolute Gasteiger partial charge is 0.353 e. The lowest BCUT2D eigenvalue weighted by atomic mass is 10.1. The number of aryl methyl sites for hydroxylation is 2. The predicted octanol–water partition coefficient (Wildman–Crippen LogP) is 2.97. The van der Waals surface area contributed by atoms with Crippen LogP contribution in [-0.4, -0.2) is 56.5 Å². The minimum atomic E-state index is -1.64. The van der Waals surface area contributed by atoms with Crippen LogP contribution in [-0.2, 0) is 0 Å². The Morgan fingerprint density at radius 2 is 1.61 bits per heavy atom. The second-order valence-electron chi connectivity index (χ2n) is 7.42. The van der Waals surface area contributed by atoms with E-state index in [0.29, 0.717) is 43.6 Å². The molecule has 1 aliphatic rings.